The fraction of sp³-hybridized carbons (Fsp3) is 0.143. The minimum Gasteiger partial charge on any atom is -0.497 e. The first-order valence-corrected chi connectivity index (χ1v) is 7.31. The molecular formula is C14H12BrN3O6. The molecule has 24 heavy (non-hydrogen) atoms. The maximum absolute atomic E-state index is 11.6. The summed E-state index contributed by atoms with van der Waals surface area (Å²) in [7, 11) is 1.54. The highest BCUT2D eigenvalue weighted by Gasteiger charge is 2.10. The lowest BCUT2D eigenvalue weighted by Gasteiger charge is -2.08. The molecule has 1 aromatic heterocycles. The van der Waals surface area contributed by atoms with Crippen molar-refractivity contribution in [2.75, 3.05) is 13.7 Å². The molecule has 0 radical (unpaired) electrons. The smallest absolute Gasteiger partial charge is 0.433 e. The quantitative estimate of drug-likeness (QED) is 0.435. The van der Waals surface area contributed by atoms with E-state index < -0.39 is 16.7 Å². The molecule has 9 nitrogen and oxygen atoms in total. The molecule has 1 amide bonds. The molecular weight excluding hydrogens is 386 g/mol. The lowest BCUT2D eigenvalue weighted by Crippen LogP contribution is -2.24. The Morgan fingerprint density at radius 2 is 2.25 bits per heavy atom. The second kappa shape index (κ2) is 8.11. The number of nitrogens with one attached hydrogen (secondary N) is 1. The lowest BCUT2D eigenvalue weighted by molar-refractivity contribution is -0.402. The van der Waals surface area contributed by atoms with E-state index in [0.29, 0.717) is 16.0 Å². The first-order chi connectivity index (χ1) is 11.5. The molecule has 126 valence electrons. The third kappa shape index (κ3) is 4.81. The SMILES string of the molecule is COc1ccc(OCC(=O)N/N=C/c2ccc([N+](=O)[O-])o2)c(Br)c1. The van der Waals surface area contributed by atoms with E-state index in [0.717, 1.165) is 6.21 Å². The molecule has 0 bridgehead atoms. The first-order valence-electron chi connectivity index (χ1n) is 6.52. The van der Waals surface area contributed by atoms with Crippen LogP contribution in [-0.2, 0) is 4.79 Å². The number of hydrogen-bond donors (Lipinski definition) is 1. The summed E-state index contributed by atoms with van der Waals surface area (Å²) in [6.45, 7) is -0.263. The Hall–Kier alpha value is -2.88. The van der Waals surface area contributed by atoms with E-state index in [4.69, 9.17) is 13.9 Å². The summed E-state index contributed by atoms with van der Waals surface area (Å²) in [5.74, 6) is 0.346. The van der Waals surface area contributed by atoms with Crippen molar-refractivity contribution in [3.05, 3.63) is 50.7 Å². The molecule has 0 unspecified atom stereocenters. The monoisotopic (exact) mass is 397 g/mol. The van der Waals surface area contributed by atoms with Crippen LogP contribution in [0.3, 0.4) is 0 Å². The summed E-state index contributed by atoms with van der Waals surface area (Å²) in [6, 6.07) is 7.60. The first kappa shape index (κ1) is 17.5. The van der Waals surface area contributed by atoms with Crippen molar-refractivity contribution >= 4 is 33.9 Å². The van der Waals surface area contributed by atoms with Crippen LogP contribution in [0.4, 0.5) is 5.88 Å². The second-order valence-electron chi connectivity index (χ2n) is 4.31. The standard InChI is InChI=1S/C14H12BrN3O6/c1-22-9-2-4-12(11(15)6-9)23-8-13(19)17-16-7-10-3-5-14(24-10)18(20)21/h2-7H,8H2,1H3,(H,17,19)/b16-7+. The molecule has 0 aliphatic carbocycles. The van der Waals surface area contributed by atoms with Gasteiger partial charge in [0, 0.05) is 0 Å². The average molecular weight is 398 g/mol. The lowest BCUT2D eigenvalue weighted by atomic mass is 10.3. The van der Waals surface area contributed by atoms with Gasteiger partial charge >= 0.3 is 5.88 Å². The third-order valence-electron chi connectivity index (χ3n) is 2.67. The number of hydrazone groups is 1. The highest BCUT2D eigenvalue weighted by atomic mass is 79.9. The number of halogens is 1. The normalized spacial score (nSPS) is 10.6. The number of carbonyl (C=O) groups is 1. The number of benzene rings is 1. The van der Waals surface area contributed by atoms with Gasteiger partial charge in [-0.3, -0.25) is 14.9 Å². The minimum atomic E-state index is -0.670. The minimum absolute atomic E-state index is 0.140. The summed E-state index contributed by atoms with van der Waals surface area (Å²) in [5, 5.41) is 14.1. The fourth-order valence-corrected chi connectivity index (χ4v) is 2.05. The molecule has 0 aliphatic rings. The number of nitrogens with zero attached hydrogens (tertiary/aromatic N) is 2. The predicted octanol–water partition coefficient (Wildman–Crippen LogP) is 2.49. The Labute approximate surface area is 144 Å². The Kier molecular flexibility index (Phi) is 5.90. The molecule has 0 saturated carbocycles. The highest BCUT2D eigenvalue weighted by Crippen LogP contribution is 2.28. The van der Waals surface area contributed by atoms with Gasteiger partial charge in [-0.05, 0) is 40.2 Å². The van der Waals surface area contributed by atoms with Crippen molar-refractivity contribution < 1.29 is 23.6 Å². The van der Waals surface area contributed by atoms with Gasteiger partial charge in [0.15, 0.2) is 12.4 Å². The van der Waals surface area contributed by atoms with Gasteiger partial charge in [-0.15, -0.1) is 0 Å². The second-order valence-corrected chi connectivity index (χ2v) is 5.17. The molecule has 1 aromatic carbocycles. The summed E-state index contributed by atoms with van der Waals surface area (Å²) in [6.07, 6.45) is 1.15. The molecule has 10 heteroatoms. The van der Waals surface area contributed by atoms with Crippen molar-refractivity contribution in [1.29, 1.82) is 0 Å². The Morgan fingerprint density at radius 1 is 1.46 bits per heavy atom. The summed E-state index contributed by atoms with van der Waals surface area (Å²) in [5.41, 5.74) is 2.22. The van der Waals surface area contributed by atoms with Gasteiger partial charge in [0.05, 0.1) is 23.9 Å². The number of furan rings is 1. The van der Waals surface area contributed by atoms with Crippen molar-refractivity contribution in [3.63, 3.8) is 0 Å². The summed E-state index contributed by atoms with van der Waals surface area (Å²) < 4.78 is 15.9. The van der Waals surface area contributed by atoms with Crippen molar-refractivity contribution in [2.45, 2.75) is 0 Å². The summed E-state index contributed by atoms with van der Waals surface area (Å²) >= 11 is 3.30. The van der Waals surface area contributed by atoms with Crippen LogP contribution in [0, 0.1) is 10.1 Å². The topological polar surface area (TPSA) is 116 Å². The number of carbonyl (C=O) groups excluding carboxylic acids is 1. The molecule has 1 N–H and O–H groups in total. The van der Waals surface area contributed by atoms with Crippen LogP contribution in [-0.4, -0.2) is 30.8 Å². The Morgan fingerprint density at radius 3 is 2.88 bits per heavy atom. The highest BCUT2D eigenvalue weighted by molar-refractivity contribution is 9.10. The zero-order chi connectivity index (χ0) is 17.5. The largest absolute Gasteiger partial charge is 0.497 e. The molecule has 1 heterocycles. The molecule has 0 aliphatic heterocycles. The van der Waals surface area contributed by atoms with Gasteiger partial charge in [-0.2, -0.15) is 5.10 Å². The predicted molar refractivity (Wildman–Crippen MR) is 87.3 cm³/mol. The van der Waals surface area contributed by atoms with E-state index in [1.807, 2.05) is 0 Å². The van der Waals surface area contributed by atoms with Gasteiger partial charge in [0.25, 0.3) is 5.91 Å². The summed E-state index contributed by atoms with van der Waals surface area (Å²) in [4.78, 5) is 21.4. The van der Waals surface area contributed by atoms with E-state index in [-0.39, 0.29) is 12.4 Å². The molecule has 0 atom stereocenters. The van der Waals surface area contributed by atoms with Gasteiger partial charge in [-0.1, -0.05) is 0 Å². The van der Waals surface area contributed by atoms with E-state index in [1.165, 1.54) is 12.1 Å². The van der Waals surface area contributed by atoms with Crippen LogP contribution in [0.15, 0.2) is 44.3 Å². The average Bonchev–Trinajstić information content (AvgIpc) is 3.02. The third-order valence-corrected chi connectivity index (χ3v) is 3.29. The molecule has 2 aromatic rings. The number of ether oxygens (including phenoxy) is 2. The molecule has 0 saturated heterocycles. The van der Waals surface area contributed by atoms with Crippen molar-refractivity contribution in [1.82, 2.24) is 5.43 Å². The fourth-order valence-electron chi connectivity index (χ4n) is 1.58. The van der Waals surface area contributed by atoms with E-state index >= 15 is 0 Å². The van der Waals surface area contributed by atoms with Crippen LogP contribution in [0.2, 0.25) is 0 Å². The van der Waals surface area contributed by atoms with E-state index in [1.54, 1.807) is 25.3 Å². The number of hydrogen-bond acceptors (Lipinski definition) is 7. The van der Waals surface area contributed by atoms with Crippen molar-refractivity contribution in [3.8, 4) is 11.5 Å². The van der Waals surface area contributed by atoms with Crippen LogP contribution in [0.5, 0.6) is 11.5 Å². The molecule has 0 fully saturated rings. The zero-order valence-electron chi connectivity index (χ0n) is 12.4. The van der Waals surface area contributed by atoms with Crippen LogP contribution >= 0.6 is 15.9 Å². The van der Waals surface area contributed by atoms with Crippen molar-refractivity contribution in [2.24, 2.45) is 5.10 Å². The maximum Gasteiger partial charge on any atom is 0.433 e. The molecule has 0 spiro atoms. The van der Waals surface area contributed by atoms with Gasteiger partial charge in [-0.25, -0.2) is 5.43 Å². The molecule has 2 rings (SSSR count). The van der Waals surface area contributed by atoms with Gasteiger partial charge in [0.2, 0.25) is 0 Å². The van der Waals surface area contributed by atoms with E-state index in [9.17, 15) is 14.9 Å². The van der Waals surface area contributed by atoms with Crippen LogP contribution < -0.4 is 14.9 Å². The van der Waals surface area contributed by atoms with E-state index in [2.05, 4.69) is 26.5 Å². The maximum atomic E-state index is 11.6. The number of nitro groups is 1. The number of methoxy groups -OCH3 is 1. The Bertz CT molecular complexity index is 774. The zero-order valence-corrected chi connectivity index (χ0v) is 14.0. The van der Waals surface area contributed by atoms with Crippen LogP contribution in [0.25, 0.3) is 0 Å². The van der Waals surface area contributed by atoms with Crippen LogP contribution in [0.1, 0.15) is 5.76 Å². The van der Waals surface area contributed by atoms with Gasteiger partial charge < -0.3 is 13.9 Å². The number of rotatable bonds is 7. The number of amides is 1. The van der Waals surface area contributed by atoms with Gasteiger partial charge in [0.1, 0.15) is 16.4 Å². The Balaban J connectivity index is 1.82.